The molecule has 0 saturated carbocycles. The SMILES string of the molecule is COCCNC(=O)N[C@@H]1CCN(c2cc(Cl)ccc2OC)C1. The quantitative estimate of drug-likeness (QED) is 0.783. The summed E-state index contributed by atoms with van der Waals surface area (Å²) in [6.45, 7) is 2.58. The standard InChI is InChI=1S/C15H22ClN3O3/c1-21-8-6-17-15(20)18-12-5-7-19(10-12)13-9-11(16)3-4-14(13)22-2/h3-4,9,12H,5-8,10H2,1-2H3,(H2,17,18,20)/t12-/m1/s1. The van der Waals surface area contributed by atoms with Gasteiger partial charge in [-0.05, 0) is 24.6 Å². The Kier molecular flexibility index (Phi) is 6.15. The van der Waals surface area contributed by atoms with Crippen molar-refractivity contribution in [2.75, 3.05) is 45.4 Å². The number of benzene rings is 1. The molecular formula is C15H22ClN3O3. The third-order valence-electron chi connectivity index (χ3n) is 3.60. The molecular weight excluding hydrogens is 306 g/mol. The lowest BCUT2D eigenvalue weighted by molar-refractivity contribution is 0.195. The maximum atomic E-state index is 11.8. The average Bonchev–Trinajstić information content (AvgIpc) is 2.95. The maximum Gasteiger partial charge on any atom is 0.315 e. The number of nitrogens with zero attached hydrogens (tertiary/aromatic N) is 1. The summed E-state index contributed by atoms with van der Waals surface area (Å²) < 4.78 is 10.3. The second kappa shape index (κ2) is 8.10. The van der Waals surface area contributed by atoms with Crippen molar-refractivity contribution in [1.29, 1.82) is 0 Å². The first-order chi connectivity index (χ1) is 10.6. The van der Waals surface area contributed by atoms with Crippen LogP contribution in [0.3, 0.4) is 0 Å². The highest BCUT2D eigenvalue weighted by molar-refractivity contribution is 6.30. The van der Waals surface area contributed by atoms with Gasteiger partial charge < -0.3 is 25.0 Å². The van der Waals surface area contributed by atoms with E-state index in [1.54, 1.807) is 20.3 Å². The van der Waals surface area contributed by atoms with E-state index in [1.165, 1.54) is 0 Å². The fraction of sp³-hybridized carbons (Fsp3) is 0.533. The lowest BCUT2D eigenvalue weighted by Crippen LogP contribution is -2.44. The molecule has 0 aliphatic carbocycles. The first-order valence-corrected chi connectivity index (χ1v) is 7.63. The zero-order valence-electron chi connectivity index (χ0n) is 12.9. The predicted molar refractivity (Wildman–Crippen MR) is 87.0 cm³/mol. The van der Waals surface area contributed by atoms with Crippen molar-refractivity contribution < 1.29 is 14.3 Å². The fourth-order valence-electron chi connectivity index (χ4n) is 2.51. The highest BCUT2D eigenvalue weighted by Crippen LogP contribution is 2.33. The van der Waals surface area contributed by atoms with Crippen LogP contribution in [0.1, 0.15) is 6.42 Å². The van der Waals surface area contributed by atoms with Crippen molar-refractivity contribution in [3.63, 3.8) is 0 Å². The van der Waals surface area contributed by atoms with E-state index < -0.39 is 0 Å². The molecule has 0 radical (unpaired) electrons. The summed E-state index contributed by atoms with van der Waals surface area (Å²) in [5.74, 6) is 0.787. The van der Waals surface area contributed by atoms with Crippen molar-refractivity contribution in [3.05, 3.63) is 23.2 Å². The number of carbonyl (C=O) groups excluding carboxylic acids is 1. The number of hydrogen-bond donors (Lipinski definition) is 2. The van der Waals surface area contributed by atoms with Gasteiger partial charge in [0, 0.05) is 37.8 Å². The molecule has 1 aromatic rings. The van der Waals surface area contributed by atoms with Gasteiger partial charge >= 0.3 is 6.03 Å². The highest BCUT2D eigenvalue weighted by atomic mass is 35.5. The van der Waals surface area contributed by atoms with Gasteiger partial charge in [-0.25, -0.2) is 4.79 Å². The lowest BCUT2D eigenvalue weighted by atomic mass is 10.2. The van der Waals surface area contributed by atoms with Crippen LogP contribution in [0.4, 0.5) is 10.5 Å². The van der Waals surface area contributed by atoms with Gasteiger partial charge in [0.05, 0.1) is 19.4 Å². The minimum atomic E-state index is -0.165. The number of hydrogen-bond acceptors (Lipinski definition) is 4. The minimum absolute atomic E-state index is 0.103. The number of amides is 2. The summed E-state index contributed by atoms with van der Waals surface area (Å²) in [5.41, 5.74) is 0.957. The molecule has 2 amide bonds. The van der Waals surface area contributed by atoms with Crippen LogP contribution in [-0.2, 0) is 4.74 Å². The van der Waals surface area contributed by atoms with Crippen LogP contribution in [-0.4, -0.2) is 52.5 Å². The van der Waals surface area contributed by atoms with Crippen LogP contribution in [0, 0.1) is 0 Å². The van der Waals surface area contributed by atoms with Crippen molar-refractivity contribution >= 4 is 23.3 Å². The Hall–Kier alpha value is -1.66. The normalized spacial score (nSPS) is 17.4. The molecule has 1 fully saturated rings. The number of anilines is 1. The Balaban J connectivity index is 1.90. The second-order valence-electron chi connectivity index (χ2n) is 5.14. The number of rotatable bonds is 6. The molecule has 1 aromatic carbocycles. The predicted octanol–water partition coefficient (Wildman–Crippen LogP) is 1.87. The molecule has 0 bridgehead atoms. The second-order valence-corrected chi connectivity index (χ2v) is 5.58. The molecule has 0 aromatic heterocycles. The Bertz CT molecular complexity index is 513. The third kappa shape index (κ3) is 4.42. The summed E-state index contributed by atoms with van der Waals surface area (Å²) in [6, 6.07) is 5.49. The highest BCUT2D eigenvalue weighted by Gasteiger charge is 2.26. The van der Waals surface area contributed by atoms with Crippen LogP contribution < -0.4 is 20.3 Å². The minimum Gasteiger partial charge on any atom is -0.495 e. The molecule has 1 aliphatic heterocycles. The Morgan fingerprint density at radius 1 is 1.45 bits per heavy atom. The van der Waals surface area contributed by atoms with Crippen LogP contribution in [0.2, 0.25) is 5.02 Å². The van der Waals surface area contributed by atoms with Gasteiger partial charge in [-0.1, -0.05) is 11.6 Å². The van der Waals surface area contributed by atoms with Gasteiger partial charge in [0.15, 0.2) is 0 Å². The Morgan fingerprint density at radius 3 is 3.00 bits per heavy atom. The summed E-state index contributed by atoms with van der Waals surface area (Å²) in [5, 5.41) is 6.40. The lowest BCUT2D eigenvalue weighted by Gasteiger charge is -2.21. The van der Waals surface area contributed by atoms with E-state index in [0.717, 1.165) is 30.9 Å². The van der Waals surface area contributed by atoms with Gasteiger partial charge in [0.1, 0.15) is 5.75 Å². The molecule has 0 unspecified atom stereocenters. The molecule has 0 spiro atoms. The number of carbonyl (C=O) groups is 1. The molecule has 6 nitrogen and oxygen atoms in total. The van der Waals surface area contributed by atoms with Gasteiger partial charge in [0.2, 0.25) is 0 Å². The van der Waals surface area contributed by atoms with Crippen LogP contribution in [0.25, 0.3) is 0 Å². The van der Waals surface area contributed by atoms with Crippen LogP contribution in [0.15, 0.2) is 18.2 Å². The zero-order chi connectivity index (χ0) is 15.9. The van der Waals surface area contributed by atoms with E-state index >= 15 is 0 Å². The first-order valence-electron chi connectivity index (χ1n) is 7.26. The van der Waals surface area contributed by atoms with E-state index in [-0.39, 0.29) is 12.1 Å². The summed E-state index contributed by atoms with van der Waals surface area (Å²) in [6.07, 6.45) is 0.882. The largest absolute Gasteiger partial charge is 0.495 e. The van der Waals surface area contributed by atoms with Crippen molar-refractivity contribution in [1.82, 2.24) is 10.6 Å². The molecule has 1 heterocycles. The first kappa shape index (κ1) is 16.7. The number of urea groups is 1. The van der Waals surface area contributed by atoms with Gasteiger partial charge in [-0.3, -0.25) is 0 Å². The van der Waals surface area contributed by atoms with Crippen molar-refractivity contribution in [3.8, 4) is 5.75 Å². The van der Waals surface area contributed by atoms with E-state index in [4.69, 9.17) is 21.1 Å². The Labute approximate surface area is 135 Å². The number of halogens is 1. The molecule has 1 atom stereocenters. The fourth-order valence-corrected chi connectivity index (χ4v) is 2.68. The zero-order valence-corrected chi connectivity index (χ0v) is 13.7. The maximum absolute atomic E-state index is 11.8. The van der Waals surface area contributed by atoms with Gasteiger partial charge in [-0.2, -0.15) is 0 Å². The topological polar surface area (TPSA) is 62.8 Å². The average molecular weight is 328 g/mol. The molecule has 122 valence electrons. The van der Waals surface area contributed by atoms with Crippen molar-refractivity contribution in [2.24, 2.45) is 0 Å². The smallest absolute Gasteiger partial charge is 0.315 e. The van der Waals surface area contributed by atoms with Crippen LogP contribution in [0.5, 0.6) is 5.75 Å². The summed E-state index contributed by atoms with van der Waals surface area (Å²) in [4.78, 5) is 13.9. The van der Waals surface area contributed by atoms with Gasteiger partial charge in [0.25, 0.3) is 0 Å². The van der Waals surface area contributed by atoms with E-state index in [9.17, 15) is 4.79 Å². The van der Waals surface area contributed by atoms with E-state index in [1.807, 2.05) is 12.1 Å². The summed E-state index contributed by atoms with van der Waals surface area (Å²) >= 11 is 6.07. The molecule has 1 aliphatic rings. The molecule has 22 heavy (non-hydrogen) atoms. The summed E-state index contributed by atoms with van der Waals surface area (Å²) in [7, 11) is 3.24. The van der Waals surface area contributed by atoms with E-state index in [0.29, 0.717) is 18.2 Å². The number of nitrogens with one attached hydrogen (secondary N) is 2. The number of ether oxygens (including phenoxy) is 2. The van der Waals surface area contributed by atoms with Crippen molar-refractivity contribution in [2.45, 2.75) is 12.5 Å². The van der Waals surface area contributed by atoms with Crippen LogP contribution >= 0.6 is 11.6 Å². The third-order valence-corrected chi connectivity index (χ3v) is 3.83. The molecule has 2 N–H and O–H groups in total. The van der Waals surface area contributed by atoms with Gasteiger partial charge in [-0.15, -0.1) is 0 Å². The Morgan fingerprint density at radius 2 is 2.27 bits per heavy atom. The molecule has 2 rings (SSSR count). The molecule has 1 saturated heterocycles. The number of methoxy groups -OCH3 is 2. The molecule has 7 heteroatoms. The monoisotopic (exact) mass is 327 g/mol. The van der Waals surface area contributed by atoms with E-state index in [2.05, 4.69) is 15.5 Å².